The van der Waals surface area contributed by atoms with Gasteiger partial charge in [0.05, 0.1) is 16.6 Å². The highest BCUT2D eigenvalue weighted by atomic mass is 79.9. The molecule has 0 fully saturated rings. The lowest BCUT2D eigenvalue weighted by Crippen LogP contribution is -2.14. The normalized spacial score (nSPS) is 10.7. The number of halogens is 3. The van der Waals surface area contributed by atoms with E-state index in [9.17, 15) is 14.9 Å². The molecule has 134 valence electrons. The van der Waals surface area contributed by atoms with E-state index in [-0.39, 0.29) is 16.1 Å². The van der Waals surface area contributed by atoms with E-state index in [0.29, 0.717) is 16.6 Å². The van der Waals surface area contributed by atoms with E-state index in [0.717, 1.165) is 5.56 Å². The van der Waals surface area contributed by atoms with Crippen molar-refractivity contribution in [3.63, 3.8) is 0 Å². The maximum absolute atomic E-state index is 12.2. The van der Waals surface area contributed by atoms with Gasteiger partial charge in [-0.1, -0.05) is 34.4 Å². The largest absolute Gasteiger partial charge is 0.358 e. The predicted molar refractivity (Wildman–Crippen MR) is 96.5 cm³/mol. The Hall–Kier alpha value is -2.50. The average molecular weight is 461 g/mol. The average Bonchev–Trinajstić information content (AvgIpc) is 3.17. The van der Waals surface area contributed by atoms with Crippen LogP contribution in [0.1, 0.15) is 16.1 Å². The van der Waals surface area contributed by atoms with Gasteiger partial charge in [-0.05, 0) is 38.5 Å². The van der Waals surface area contributed by atoms with Crippen LogP contribution in [0.25, 0.3) is 0 Å². The van der Waals surface area contributed by atoms with Gasteiger partial charge >= 0.3 is 5.82 Å². The third kappa shape index (κ3) is 3.84. The summed E-state index contributed by atoms with van der Waals surface area (Å²) in [5, 5.41) is 23.9. The van der Waals surface area contributed by atoms with Gasteiger partial charge in [0.15, 0.2) is 5.69 Å². The molecule has 0 bridgehead atoms. The van der Waals surface area contributed by atoms with E-state index < -0.39 is 16.6 Å². The van der Waals surface area contributed by atoms with Crippen molar-refractivity contribution in [2.45, 2.75) is 6.54 Å². The second-order valence-corrected chi connectivity index (χ2v) is 6.57. The Balaban J connectivity index is 1.71. The molecular weight excluding hydrogens is 453 g/mol. The maximum Gasteiger partial charge on any atom is 0.357 e. The first kappa shape index (κ1) is 18.3. The Morgan fingerprint density at radius 1 is 1.38 bits per heavy atom. The van der Waals surface area contributed by atoms with E-state index in [1.54, 1.807) is 18.2 Å². The highest BCUT2D eigenvalue weighted by molar-refractivity contribution is 9.10. The standard InChI is InChI=1S/C13H8BrCl2N7O3/c14-9-10(19-20-11(9)23(25)26)12(24)18-13-17-5-22(21-13)4-6-1-2-7(15)8(16)3-6/h1-3,5H,4H2,(H,19,20)(H,18,21,24). The van der Waals surface area contributed by atoms with Crippen molar-refractivity contribution >= 4 is 56.8 Å². The first-order valence-electron chi connectivity index (χ1n) is 6.88. The van der Waals surface area contributed by atoms with Gasteiger partial charge < -0.3 is 10.1 Å². The fourth-order valence-corrected chi connectivity index (χ4v) is 2.83. The number of nitrogens with zero attached hydrogens (tertiary/aromatic N) is 5. The Morgan fingerprint density at radius 2 is 2.15 bits per heavy atom. The molecular formula is C13H8BrCl2N7O3. The van der Waals surface area contributed by atoms with Gasteiger partial charge in [0.25, 0.3) is 5.91 Å². The molecule has 0 aliphatic carbocycles. The maximum atomic E-state index is 12.2. The molecule has 3 aromatic rings. The van der Waals surface area contributed by atoms with Crippen molar-refractivity contribution in [2.75, 3.05) is 5.32 Å². The number of hydrogen-bond acceptors (Lipinski definition) is 6. The highest BCUT2D eigenvalue weighted by Gasteiger charge is 2.25. The first-order chi connectivity index (χ1) is 12.3. The zero-order valence-electron chi connectivity index (χ0n) is 12.6. The minimum atomic E-state index is -0.700. The molecule has 26 heavy (non-hydrogen) atoms. The molecule has 0 unspecified atom stereocenters. The van der Waals surface area contributed by atoms with Crippen molar-refractivity contribution in [3.05, 3.63) is 60.4 Å². The van der Waals surface area contributed by atoms with E-state index in [4.69, 9.17) is 23.2 Å². The molecule has 1 amide bonds. The van der Waals surface area contributed by atoms with Gasteiger partial charge in [0, 0.05) is 0 Å². The van der Waals surface area contributed by atoms with Gasteiger partial charge in [-0.3, -0.25) is 10.1 Å². The zero-order valence-corrected chi connectivity index (χ0v) is 15.7. The number of amides is 1. The molecule has 2 N–H and O–H groups in total. The Kier molecular flexibility index (Phi) is 5.20. The van der Waals surface area contributed by atoms with Crippen molar-refractivity contribution in [3.8, 4) is 0 Å². The van der Waals surface area contributed by atoms with Crippen LogP contribution in [0.3, 0.4) is 0 Å². The molecule has 2 heterocycles. The van der Waals surface area contributed by atoms with Gasteiger partial charge in [-0.25, -0.2) is 9.67 Å². The molecule has 0 aliphatic heterocycles. The number of carbonyl (C=O) groups excluding carboxylic acids is 1. The number of rotatable bonds is 5. The van der Waals surface area contributed by atoms with Crippen LogP contribution in [0.4, 0.5) is 11.8 Å². The van der Waals surface area contributed by atoms with Gasteiger partial charge in [0.2, 0.25) is 5.95 Å². The number of aromatic amines is 1. The second kappa shape index (κ2) is 7.40. The quantitative estimate of drug-likeness (QED) is 0.443. The summed E-state index contributed by atoms with van der Waals surface area (Å²) in [5.74, 6) is -1.10. The van der Waals surface area contributed by atoms with Crippen LogP contribution in [0.2, 0.25) is 10.0 Å². The molecule has 10 nitrogen and oxygen atoms in total. The lowest BCUT2D eigenvalue weighted by Gasteiger charge is -2.03. The summed E-state index contributed by atoms with van der Waals surface area (Å²) in [4.78, 5) is 26.2. The number of hydrogen-bond donors (Lipinski definition) is 2. The summed E-state index contributed by atoms with van der Waals surface area (Å²) in [5.41, 5.74) is 0.658. The van der Waals surface area contributed by atoms with Crippen LogP contribution < -0.4 is 5.32 Å². The third-order valence-corrected chi connectivity index (χ3v) is 4.67. The monoisotopic (exact) mass is 459 g/mol. The minimum Gasteiger partial charge on any atom is -0.358 e. The summed E-state index contributed by atoms with van der Waals surface area (Å²) in [6.07, 6.45) is 1.42. The van der Waals surface area contributed by atoms with Crippen LogP contribution in [-0.4, -0.2) is 35.8 Å². The minimum absolute atomic E-state index is 0.0209. The van der Waals surface area contributed by atoms with Crippen molar-refractivity contribution in [1.29, 1.82) is 0 Å². The van der Waals surface area contributed by atoms with Crippen LogP contribution in [-0.2, 0) is 6.54 Å². The van der Waals surface area contributed by atoms with E-state index in [2.05, 4.69) is 41.5 Å². The van der Waals surface area contributed by atoms with E-state index >= 15 is 0 Å². The number of anilines is 1. The molecule has 0 aliphatic rings. The predicted octanol–water partition coefficient (Wildman–Crippen LogP) is 3.28. The SMILES string of the molecule is O=C(Nc1ncn(Cc2ccc(Cl)c(Cl)c2)n1)c1n[nH]c([N+](=O)[O-])c1Br. The number of nitrogens with one attached hydrogen (secondary N) is 2. The Bertz CT molecular complexity index is 1000. The molecule has 13 heteroatoms. The number of nitro groups is 1. The lowest BCUT2D eigenvalue weighted by molar-refractivity contribution is -0.390. The van der Waals surface area contributed by atoms with Gasteiger partial charge in [-0.2, -0.15) is 0 Å². The molecule has 1 aromatic carbocycles. The summed E-state index contributed by atoms with van der Waals surface area (Å²) in [6.45, 7) is 0.358. The van der Waals surface area contributed by atoms with Crippen molar-refractivity contribution in [1.82, 2.24) is 25.0 Å². The first-order valence-corrected chi connectivity index (χ1v) is 8.43. The fourth-order valence-electron chi connectivity index (χ4n) is 2.00. The van der Waals surface area contributed by atoms with E-state index in [1.807, 2.05) is 0 Å². The number of aromatic nitrogens is 5. The van der Waals surface area contributed by atoms with Crippen LogP contribution in [0, 0.1) is 10.1 Å². The lowest BCUT2D eigenvalue weighted by atomic mass is 10.2. The molecule has 3 rings (SSSR count). The van der Waals surface area contributed by atoms with Crippen LogP contribution in [0.5, 0.6) is 0 Å². The zero-order chi connectivity index (χ0) is 18.8. The fraction of sp³-hybridized carbons (Fsp3) is 0.0769. The third-order valence-electron chi connectivity index (χ3n) is 3.18. The van der Waals surface area contributed by atoms with Crippen molar-refractivity contribution < 1.29 is 9.72 Å². The molecule has 0 atom stereocenters. The van der Waals surface area contributed by atoms with Crippen LogP contribution in [0.15, 0.2) is 29.0 Å². The van der Waals surface area contributed by atoms with Gasteiger partial charge in [0.1, 0.15) is 10.8 Å². The molecule has 0 spiro atoms. The number of carbonyl (C=O) groups is 1. The number of benzene rings is 1. The summed E-state index contributed by atoms with van der Waals surface area (Å²) in [7, 11) is 0. The Labute approximate surface area is 163 Å². The summed E-state index contributed by atoms with van der Waals surface area (Å²) >= 11 is 14.8. The molecule has 0 saturated heterocycles. The summed E-state index contributed by atoms with van der Waals surface area (Å²) < 4.78 is 1.42. The Morgan fingerprint density at radius 3 is 2.81 bits per heavy atom. The molecule has 0 radical (unpaired) electrons. The van der Waals surface area contributed by atoms with E-state index in [1.165, 1.54) is 11.0 Å². The molecule has 0 saturated carbocycles. The smallest absolute Gasteiger partial charge is 0.357 e. The van der Waals surface area contributed by atoms with Gasteiger partial charge in [-0.15, -0.1) is 10.2 Å². The second-order valence-electron chi connectivity index (χ2n) is 4.96. The summed E-state index contributed by atoms with van der Waals surface area (Å²) in [6, 6.07) is 5.15. The van der Waals surface area contributed by atoms with Crippen molar-refractivity contribution in [2.24, 2.45) is 0 Å². The topological polar surface area (TPSA) is 132 Å². The highest BCUT2D eigenvalue weighted by Crippen LogP contribution is 2.26. The molecule has 2 aromatic heterocycles. The number of H-pyrrole nitrogens is 1. The van der Waals surface area contributed by atoms with Crippen LogP contribution >= 0.6 is 39.1 Å².